The van der Waals surface area contributed by atoms with Crippen molar-refractivity contribution in [3.63, 3.8) is 0 Å². The zero-order chi connectivity index (χ0) is 12.4. The maximum Gasteiger partial charge on any atom is 0.273 e. The third kappa shape index (κ3) is 2.36. The first-order valence-electron chi connectivity index (χ1n) is 4.97. The van der Waals surface area contributed by atoms with Gasteiger partial charge in [-0.25, -0.2) is 4.68 Å². The first-order valence-corrected chi connectivity index (χ1v) is 5.76. The summed E-state index contributed by atoms with van der Waals surface area (Å²) in [6.07, 6.45) is 5.11. The largest absolute Gasteiger partial charge is 0.343 e. The summed E-state index contributed by atoms with van der Waals surface area (Å²) in [5.41, 5.74) is 1.26. The fraction of sp³-hybridized carbons (Fsp3) is 0.182. The molecule has 0 aliphatic carbocycles. The van der Waals surface area contributed by atoms with E-state index < -0.39 is 0 Å². The summed E-state index contributed by atoms with van der Waals surface area (Å²) in [4.78, 5) is 17.2. The summed E-state index contributed by atoms with van der Waals surface area (Å²) in [7, 11) is 3.40. The molecule has 2 rings (SSSR count). The van der Waals surface area contributed by atoms with Gasteiger partial charge in [0.25, 0.3) is 5.91 Å². The van der Waals surface area contributed by atoms with Crippen molar-refractivity contribution in [1.29, 1.82) is 0 Å². The van der Waals surface area contributed by atoms with Crippen LogP contribution in [0.1, 0.15) is 10.5 Å². The Hall–Kier alpha value is -1.69. The lowest BCUT2D eigenvalue weighted by Gasteiger charge is -2.07. The number of halogens is 1. The van der Waals surface area contributed by atoms with Crippen LogP contribution in [0, 0.1) is 0 Å². The lowest BCUT2D eigenvalue weighted by Crippen LogP contribution is -2.22. The molecular formula is C11H11BrN4O. The Labute approximate surface area is 107 Å². The number of hydrogen-bond donors (Lipinski definition) is 0. The average Bonchev–Trinajstić information content (AvgIpc) is 2.77. The highest BCUT2D eigenvalue weighted by Crippen LogP contribution is 2.18. The van der Waals surface area contributed by atoms with E-state index in [1.54, 1.807) is 43.4 Å². The molecule has 0 unspecified atom stereocenters. The van der Waals surface area contributed by atoms with Crippen molar-refractivity contribution in [2.75, 3.05) is 14.1 Å². The number of aromatic nitrogens is 3. The van der Waals surface area contributed by atoms with Crippen molar-refractivity contribution in [3.8, 4) is 5.69 Å². The molecule has 0 atom stereocenters. The molecule has 0 fully saturated rings. The van der Waals surface area contributed by atoms with Gasteiger partial charge in [-0.1, -0.05) is 0 Å². The minimum absolute atomic E-state index is 0.117. The molecular weight excluding hydrogens is 284 g/mol. The molecule has 0 aromatic carbocycles. The van der Waals surface area contributed by atoms with Crippen LogP contribution >= 0.6 is 15.9 Å². The van der Waals surface area contributed by atoms with E-state index in [-0.39, 0.29) is 5.91 Å². The standard InChI is InChI=1S/C11H11BrN4O/c1-15(2)11(17)9-4-6-16(14-9)10-3-5-13-7-8(10)12/h3-7H,1-2H3. The van der Waals surface area contributed by atoms with Gasteiger partial charge in [-0.05, 0) is 28.1 Å². The molecule has 0 spiro atoms. The van der Waals surface area contributed by atoms with Crippen LogP contribution in [0.5, 0.6) is 0 Å². The molecule has 17 heavy (non-hydrogen) atoms. The summed E-state index contributed by atoms with van der Waals surface area (Å²) in [6, 6.07) is 3.51. The normalized spacial score (nSPS) is 10.3. The summed E-state index contributed by atoms with van der Waals surface area (Å²) < 4.78 is 2.47. The molecule has 0 saturated carbocycles. The first kappa shape index (κ1) is 11.8. The van der Waals surface area contributed by atoms with Crippen LogP contribution in [-0.4, -0.2) is 39.7 Å². The van der Waals surface area contributed by atoms with E-state index in [2.05, 4.69) is 26.0 Å². The van der Waals surface area contributed by atoms with Gasteiger partial charge in [0.1, 0.15) is 0 Å². The predicted molar refractivity (Wildman–Crippen MR) is 67.1 cm³/mol. The number of carbonyl (C=O) groups is 1. The van der Waals surface area contributed by atoms with Crippen molar-refractivity contribution in [3.05, 3.63) is 40.9 Å². The van der Waals surface area contributed by atoms with Crippen molar-refractivity contribution < 1.29 is 4.79 Å². The van der Waals surface area contributed by atoms with Crippen LogP contribution in [0.3, 0.4) is 0 Å². The lowest BCUT2D eigenvalue weighted by atomic mass is 10.4. The van der Waals surface area contributed by atoms with Gasteiger partial charge in [0.2, 0.25) is 0 Å². The van der Waals surface area contributed by atoms with Crippen molar-refractivity contribution >= 4 is 21.8 Å². The monoisotopic (exact) mass is 294 g/mol. The molecule has 2 heterocycles. The third-order valence-corrected chi connectivity index (χ3v) is 2.82. The molecule has 0 N–H and O–H groups in total. The fourth-order valence-electron chi connectivity index (χ4n) is 1.35. The van der Waals surface area contributed by atoms with Crippen LogP contribution in [0.4, 0.5) is 0 Å². The van der Waals surface area contributed by atoms with E-state index in [1.165, 1.54) is 4.90 Å². The van der Waals surface area contributed by atoms with E-state index >= 15 is 0 Å². The summed E-state index contributed by atoms with van der Waals surface area (Å²) in [5.74, 6) is -0.117. The highest BCUT2D eigenvalue weighted by molar-refractivity contribution is 9.10. The van der Waals surface area contributed by atoms with Crippen LogP contribution in [-0.2, 0) is 0 Å². The topological polar surface area (TPSA) is 51.0 Å². The minimum atomic E-state index is -0.117. The van der Waals surface area contributed by atoms with Crippen LogP contribution in [0.25, 0.3) is 5.69 Å². The lowest BCUT2D eigenvalue weighted by molar-refractivity contribution is 0.0821. The third-order valence-electron chi connectivity index (χ3n) is 2.21. The molecule has 2 aromatic rings. The molecule has 5 nitrogen and oxygen atoms in total. The molecule has 0 radical (unpaired) electrons. The van der Waals surface area contributed by atoms with Gasteiger partial charge in [-0.2, -0.15) is 5.10 Å². The number of amides is 1. The number of carbonyl (C=O) groups excluding carboxylic acids is 1. The molecule has 0 aliphatic rings. The highest BCUT2D eigenvalue weighted by atomic mass is 79.9. The summed E-state index contributed by atoms with van der Waals surface area (Å²) in [5, 5.41) is 4.23. The quantitative estimate of drug-likeness (QED) is 0.848. The summed E-state index contributed by atoms with van der Waals surface area (Å²) in [6.45, 7) is 0. The zero-order valence-electron chi connectivity index (χ0n) is 9.46. The van der Waals surface area contributed by atoms with Crippen LogP contribution < -0.4 is 0 Å². The Kier molecular flexibility index (Phi) is 3.23. The van der Waals surface area contributed by atoms with E-state index in [9.17, 15) is 4.79 Å². The SMILES string of the molecule is CN(C)C(=O)c1ccn(-c2ccncc2Br)n1. The maximum absolute atomic E-state index is 11.7. The Bertz CT molecular complexity index is 550. The Morgan fingerprint density at radius 3 is 2.82 bits per heavy atom. The van der Waals surface area contributed by atoms with E-state index in [0.717, 1.165) is 10.2 Å². The second-order valence-electron chi connectivity index (χ2n) is 3.67. The minimum Gasteiger partial charge on any atom is -0.343 e. The fourth-order valence-corrected chi connectivity index (χ4v) is 1.79. The molecule has 88 valence electrons. The van der Waals surface area contributed by atoms with Crippen molar-refractivity contribution in [2.24, 2.45) is 0 Å². The Morgan fingerprint density at radius 1 is 1.41 bits per heavy atom. The smallest absolute Gasteiger partial charge is 0.273 e. The van der Waals surface area contributed by atoms with Gasteiger partial charge in [-0.3, -0.25) is 9.78 Å². The number of pyridine rings is 1. The molecule has 2 aromatic heterocycles. The van der Waals surface area contributed by atoms with Gasteiger partial charge in [0.05, 0.1) is 10.2 Å². The first-order chi connectivity index (χ1) is 8.09. The van der Waals surface area contributed by atoms with Crippen molar-refractivity contribution in [2.45, 2.75) is 0 Å². The average molecular weight is 295 g/mol. The van der Waals surface area contributed by atoms with E-state index in [4.69, 9.17) is 0 Å². The van der Waals surface area contributed by atoms with Gasteiger partial charge >= 0.3 is 0 Å². The second kappa shape index (κ2) is 4.67. The molecule has 0 bridgehead atoms. The number of rotatable bonds is 2. The second-order valence-corrected chi connectivity index (χ2v) is 4.53. The molecule has 0 saturated heterocycles. The van der Waals surface area contributed by atoms with Gasteiger partial charge < -0.3 is 4.90 Å². The molecule has 6 heteroatoms. The van der Waals surface area contributed by atoms with E-state index in [0.29, 0.717) is 5.69 Å². The summed E-state index contributed by atoms with van der Waals surface area (Å²) >= 11 is 3.39. The van der Waals surface area contributed by atoms with Gasteiger partial charge in [0, 0.05) is 32.7 Å². The Balaban J connectivity index is 2.37. The van der Waals surface area contributed by atoms with Crippen molar-refractivity contribution in [1.82, 2.24) is 19.7 Å². The highest BCUT2D eigenvalue weighted by Gasteiger charge is 2.12. The van der Waals surface area contributed by atoms with Crippen LogP contribution in [0.2, 0.25) is 0 Å². The van der Waals surface area contributed by atoms with E-state index in [1.807, 2.05) is 6.07 Å². The van der Waals surface area contributed by atoms with Gasteiger partial charge in [0.15, 0.2) is 5.69 Å². The zero-order valence-corrected chi connectivity index (χ0v) is 11.0. The number of hydrogen-bond acceptors (Lipinski definition) is 3. The molecule has 1 amide bonds. The molecule has 0 aliphatic heterocycles. The van der Waals surface area contributed by atoms with Crippen LogP contribution in [0.15, 0.2) is 35.2 Å². The predicted octanol–water partition coefficient (Wildman–Crippen LogP) is 1.73. The maximum atomic E-state index is 11.7. The number of nitrogens with zero attached hydrogens (tertiary/aromatic N) is 4. The van der Waals surface area contributed by atoms with Gasteiger partial charge in [-0.15, -0.1) is 0 Å². The Morgan fingerprint density at radius 2 is 2.18 bits per heavy atom.